The predicted molar refractivity (Wildman–Crippen MR) is 88.9 cm³/mol. The molecule has 1 aromatic rings. The first kappa shape index (κ1) is 17.9. The normalized spacial score (nSPS) is 28.5. The van der Waals surface area contributed by atoms with E-state index in [-0.39, 0.29) is 29.1 Å². The van der Waals surface area contributed by atoms with Crippen LogP contribution in [0.25, 0.3) is 0 Å². The Balaban J connectivity index is 1.81. The van der Waals surface area contributed by atoms with Crippen LogP contribution in [0.3, 0.4) is 0 Å². The number of methoxy groups -OCH3 is 1. The second-order valence-electron chi connectivity index (χ2n) is 6.90. The fraction of sp³-hybridized carbons (Fsp3) is 0.611. The fourth-order valence-corrected chi connectivity index (χ4v) is 4.32. The molecule has 2 aliphatic carbocycles. The van der Waals surface area contributed by atoms with Gasteiger partial charge >= 0.3 is 6.61 Å². The van der Waals surface area contributed by atoms with Gasteiger partial charge in [0.1, 0.15) is 0 Å². The molecule has 2 aliphatic rings. The summed E-state index contributed by atoms with van der Waals surface area (Å²) in [5.74, 6) is 0.161. The summed E-state index contributed by atoms with van der Waals surface area (Å²) in [6.45, 7) is -3.03. The summed E-state index contributed by atoms with van der Waals surface area (Å²) in [5.41, 5.74) is 6.18. The number of nitrogens with one attached hydrogen (secondary N) is 1. The highest BCUT2D eigenvalue weighted by atomic mass is 19.3. The first-order chi connectivity index (χ1) is 12.0. The first-order valence-corrected chi connectivity index (χ1v) is 8.67. The number of carbonyl (C=O) groups excluding carboxylic acids is 1. The smallest absolute Gasteiger partial charge is 0.387 e. The van der Waals surface area contributed by atoms with Gasteiger partial charge in [0.2, 0.25) is 0 Å². The molecule has 0 aliphatic heterocycles. The average Bonchev–Trinajstić information content (AvgIpc) is 2.55. The van der Waals surface area contributed by atoms with Gasteiger partial charge < -0.3 is 20.5 Å². The standard InChI is InChI=1S/C18H24F2N2O3/c1-24-14-7-3-6-13(16(14)25-18(19)20)17(23)22-15-10-4-2-5-11(15)9-12(21)8-10/h3,6-7,10-12,15,18H,2,4-5,8-9,21H2,1H3,(H,22,23). The van der Waals surface area contributed by atoms with Gasteiger partial charge in [-0.15, -0.1) is 0 Å². The molecule has 0 heterocycles. The van der Waals surface area contributed by atoms with Gasteiger partial charge in [-0.05, 0) is 49.7 Å². The molecule has 0 aromatic heterocycles. The molecule has 2 atom stereocenters. The maximum absolute atomic E-state index is 12.8. The van der Waals surface area contributed by atoms with Gasteiger partial charge in [0.15, 0.2) is 11.5 Å². The highest BCUT2D eigenvalue weighted by Crippen LogP contribution is 2.40. The van der Waals surface area contributed by atoms with E-state index < -0.39 is 12.5 Å². The first-order valence-electron chi connectivity index (χ1n) is 8.67. The van der Waals surface area contributed by atoms with E-state index in [1.165, 1.54) is 19.2 Å². The molecule has 1 aromatic carbocycles. The number of hydrogen-bond acceptors (Lipinski definition) is 4. The predicted octanol–water partition coefficient (Wildman–Crippen LogP) is 2.93. The van der Waals surface area contributed by atoms with Crippen molar-refractivity contribution >= 4 is 5.91 Å². The number of halogens is 2. The number of ether oxygens (including phenoxy) is 2. The van der Waals surface area contributed by atoms with Crippen molar-refractivity contribution in [2.45, 2.75) is 50.8 Å². The van der Waals surface area contributed by atoms with Crippen LogP contribution in [0.5, 0.6) is 11.5 Å². The molecule has 7 heteroatoms. The van der Waals surface area contributed by atoms with Crippen molar-refractivity contribution in [3.8, 4) is 11.5 Å². The Kier molecular flexibility index (Phi) is 5.42. The largest absolute Gasteiger partial charge is 0.493 e. The average molecular weight is 354 g/mol. The Morgan fingerprint density at radius 2 is 1.96 bits per heavy atom. The summed E-state index contributed by atoms with van der Waals surface area (Å²) in [7, 11) is 1.35. The van der Waals surface area contributed by atoms with Crippen molar-refractivity contribution in [3.63, 3.8) is 0 Å². The molecule has 0 radical (unpaired) electrons. The van der Waals surface area contributed by atoms with Crippen LogP contribution in [0.2, 0.25) is 0 Å². The highest BCUT2D eigenvalue weighted by molar-refractivity contribution is 5.98. The Hall–Kier alpha value is -1.89. The number of hydrogen-bond donors (Lipinski definition) is 2. The van der Waals surface area contributed by atoms with E-state index in [4.69, 9.17) is 10.5 Å². The molecular weight excluding hydrogens is 330 g/mol. The second kappa shape index (κ2) is 7.56. The van der Waals surface area contributed by atoms with Crippen molar-refractivity contribution < 1.29 is 23.0 Å². The summed E-state index contributed by atoms with van der Waals surface area (Å²) in [6, 6.07) is 4.76. The zero-order chi connectivity index (χ0) is 18.0. The Morgan fingerprint density at radius 3 is 2.56 bits per heavy atom. The summed E-state index contributed by atoms with van der Waals surface area (Å²) in [5, 5.41) is 3.05. The van der Waals surface area contributed by atoms with E-state index in [0.717, 1.165) is 32.1 Å². The minimum Gasteiger partial charge on any atom is -0.493 e. The Bertz CT molecular complexity index is 612. The fourth-order valence-electron chi connectivity index (χ4n) is 4.32. The quantitative estimate of drug-likeness (QED) is 0.853. The van der Waals surface area contributed by atoms with Crippen LogP contribution in [0.1, 0.15) is 42.5 Å². The number of fused-ring (bicyclic) bond motifs is 2. The lowest BCUT2D eigenvalue weighted by Crippen LogP contribution is -2.53. The zero-order valence-electron chi connectivity index (χ0n) is 14.2. The number of carbonyl (C=O) groups is 1. The Morgan fingerprint density at radius 1 is 1.28 bits per heavy atom. The highest BCUT2D eigenvalue weighted by Gasteiger charge is 2.40. The van der Waals surface area contributed by atoms with Crippen LogP contribution in [0.4, 0.5) is 8.78 Å². The monoisotopic (exact) mass is 354 g/mol. The van der Waals surface area contributed by atoms with Gasteiger partial charge in [0.05, 0.1) is 12.7 Å². The molecule has 5 nitrogen and oxygen atoms in total. The topological polar surface area (TPSA) is 73.6 Å². The van der Waals surface area contributed by atoms with E-state index >= 15 is 0 Å². The van der Waals surface area contributed by atoms with Crippen LogP contribution in [-0.4, -0.2) is 31.7 Å². The van der Waals surface area contributed by atoms with Crippen LogP contribution in [-0.2, 0) is 0 Å². The molecule has 3 rings (SSSR count). The molecule has 2 bridgehead atoms. The van der Waals surface area contributed by atoms with E-state index in [1.807, 2.05) is 0 Å². The molecule has 3 N–H and O–H groups in total. The molecule has 25 heavy (non-hydrogen) atoms. The maximum Gasteiger partial charge on any atom is 0.387 e. The lowest BCUT2D eigenvalue weighted by Gasteiger charge is -2.45. The van der Waals surface area contributed by atoms with Gasteiger partial charge in [-0.25, -0.2) is 0 Å². The number of amides is 1. The number of para-hydroxylation sites is 1. The molecule has 2 fully saturated rings. The van der Waals surface area contributed by atoms with Crippen LogP contribution in [0.15, 0.2) is 18.2 Å². The van der Waals surface area contributed by atoms with E-state index in [9.17, 15) is 13.6 Å². The molecule has 0 spiro atoms. The van der Waals surface area contributed by atoms with E-state index in [1.54, 1.807) is 6.07 Å². The summed E-state index contributed by atoms with van der Waals surface area (Å²) < 4.78 is 35.1. The minimum atomic E-state index is -3.03. The third kappa shape index (κ3) is 3.86. The van der Waals surface area contributed by atoms with E-state index in [0.29, 0.717) is 11.8 Å². The SMILES string of the molecule is COc1cccc(C(=O)NC2C3CCCC2CC(N)C3)c1OC(F)F. The third-order valence-electron chi connectivity index (χ3n) is 5.32. The van der Waals surface area contributed by atoms with E-state index in [2.05, 4.69) is 10.1 Å². The lowest BCUT2D eigenvalue weighted by molar-refractivity contribution is -0.0515. The van der Waals surface area contributed by atoms with Crippen LogP contribution >= 0.6 is 0 Å². The lowest BCUT2D eigenvalue weighted by atomic mass is 9.67. The van der Waals surface area contributed by atoms with Gasteiger partial charge in [0, 0.05) is 12.1 Å². The summed E-state index contributed by atoms with van der Waals surface area (Å²) >= 11 is 0. The molecular formula is C18H24F2N2O3. The van der Waals surface area contributed by atoms with Crippen molar-refractivity contribution in [1.82, 2.24) is 5.32 Å². The minimum absolute atomic E-state index is 0.0339. The van der Waals surface area contributed by atoms with Crippen molar-refractivity contribution in [3.05, 3.63) is 23.8 Å². The number of benzene rings is 1. The summed E-state index contributed by atoms with van der Waals surface area (Å²) in [4.78, 5) is 12.8. The zero-order valence-corrected chi connectivity index (χ0v) is 14.2. The van der Waals surface area contributed by atoms with Gasteiger partial charge in [-0.2, -0.15) is 8.78 Å². The molecule has 138 valence electrons. The molecule has 0 saturated heterocycles. The van der Waals surface area contributed by atoms with Crippen molar-refractivity contribution in [1.29, 1.82) is 0 Å². The maximum atomic E-state index is 12.8. The van der Waals surface area contributed by atoms with Gasteiger partial charge in [0.25, 0.3) is 5.91 Å². The number of alkyl halides is 2. The Labute approximate surface area is 145 Å². The second-order valence-corrected chi connectivity index (χ2v) is 6.90. The third-order valence-corrected chi connectivity index (χ3v) is 5.32. The van der Waals surface area contributed by atoms with Crippen molar-refractivity contribution in [2.24, 2.45) is 17.6 Å². The summed E-state index contributed by atoms with van der Waals surface area (Å²) in [6.07, 6.45) is 4.99. The van der Waals surface area contributed by atoms with Crippen molar-refractivity contribution in [2.75, 3.05) is 7.11 Å². The van der Waals surface area contributed by atoms with Gasteiger partial charge in [-0.1, -0.05) is 12.5 Å². The van der Waals surface area contributed by atoms with Crippen LogP contribution < -0.4 is 20.5 Å². The number of nitrogens with two attached hydrogens (primary N) is 1. The molecule has 2 saturated carbocycles. The van der Waals surface area contributed by atoms with Gasteiger partial charge in [-0.3, -0.25) is 4.79 Å². The molecule has 2 unspecified atom stereocenters. The van der Waals surface area contributed by atoms with Crippen LogP contribution in [0, 0.1) is 11.8 Å². The molecule has 1 amide bonds. The number of rotatable bonds is 5.